The second-order valence-corrected chi connectivity index (χ2v) is 8.26. The number of hydrogen-bond acceptors (Lipinski definition) is 6. The lowest BCUT2D eigenvalue weighted by Gasteiger charge is -2.24. The molecule has 0 heterocycles. The zero-order valence-electron chi connectivity index (χ0n) is 20.1. The molecule has 0 aliphatic rings. The van der Waals surface area contributed by atoms with Gasteiger partial charge in [-0.05, 0) is 32.1 Å². The summed E-state index contributed by atoms with van der Waals surface area (Å²) >= 11 is 0. The molecule has 0 aromatic carbocycles. The van der Waals surface area contributed by atoms with Crippen LogP contribution in [0.3, 0.4) is 0 Å². The number of allylic oxidation sites excluding steroid dienone is 2. The molecule has 0 fully saturated rings. The van der Waals surface area contributed by atoms with Crippen LogP contribution in [-0.4, -0.2) is 69.0 Å². The van der Waals surface area contributed by atoms with Crippen LogP contribution in [0, 0.1) is 0 Å². The zero-order valence-corrected chi connectivity index (χ0v) is 19.1. The highest BCUT2D eigenvalue weighted by Gasteiger charge is 2.33. The smallest absolute Gasteiger partial charge is 0.251 e. The minimum atomic E-state index is -1.87. The van der Waals surface area contributed by atoms with Crippen molar-refractivity contribution in [3.05, 3.63) is 12.2 Å². The summed E-state index contributed by atoms with van der Waals surface area (Å²) in [5.74, 6) is -0.808. The number of aliphatic hydroxyl groups is 5. The minimum Gasteiger partial charge on any atom is -0.394 e. The van der Waals surface area contributed by atoms with Crippen LogP contribution < -0.4 is 5.32 Å². The summed E-state index contributed by atoms with van der Waals surface area (Å²) in [6, 6.07) is 0. The number of nitrogens with one attached hydrogen (secondary N) is 1. The molecule has 1 amide bonds. The molecule has 184 valence electrons. The molecule has 7 heteroatoms. The van der Waals surface area contributed by atoms with Crippen molar-refractivity contribution in [3.63, 3.8) is 0 Å². The van der Waals surface area contributed by atoms with E-state index in [-0.39, 0.29) is 0 Å². The summed E-state index contributed by atoms with van der Waals surface area (Å²) in [6.45, 7) is 0.149. The predicted molar refractivity (Wildman–Crippen MR) is 124 cm³/mol. The fraction of sp³-hybridized carbons (Fsp3) is 0.875. The van der Waals surface area contributed by atoms with Crippen molar-refractivity contribution >= 4 is 5.91 Å². The lowest BCUT2D eigenvalue weighted by atomic mass is 10.0. The average molecular weight is 447 g/mol. The second-order valence-electron chi connectivity index (χ2n) is 8.26. The number of rotatable bonds is 21. The van der Waals surface area contributed by atoms with E-state index in [0.717, 1.165) is 44.9 Å². The third-order valence-electron chi connectivity index (χ3n) is 5.41. The highest BCUT2D eigenvalue weighted by Crippen LogP contribution is 2.10. The van der Waals surface area contributed by atoms with E-state index in [2.05, 4.69) is 17.5 Å². The second kappa shape index (κ2) is 20.9. The van der Waals surface area contributed by atoms with Gasteiger partial charge in [0.25, 0.3) is 5.91 Å². The Bertz CT molecular complexity index is 466. The molecular formula is C24H47NO6. The van der Waals surface area contributed by atoms with E-state index in [9.17, 15) is 25.2 Å². The third-order valence-corrected chi connectivity index (χ3v) is 5.41. The first-order valence-corrected chi connectivity index (χ1v) is 12.0. The molecule has 0 radical (unpaired) electrons. The Kier molecular flexibility index (Phi) is 18.9. The van der Waals surface area contributed by atoms with Crippen LogP contribution in [0.1, 0.15) is 98.2 Å². The van der Waals surface area contributed by atoms with Gasteiger partial charge in [0.05, 0.1) is 6.61 Å². The van der Waals surface area contributed by atoms with Gasteiger partial charge in [0, 0.05) is 7.92 Å². The Balaban J connectivity index is 3.51. The molecule has 0 saturated carbocycles. The van der Waals surface area contributed by atoms with Crippen molar-refractivity contribution in [1.29, 1.82) is 0 Å². The summed E-state index contributed by atoms with van der Waals surface area (Å²) in [6.07, 6.45) is 13.4. The van der Waals surface area contributed by atoms with E-state index >= 15 is 0 Å². The van der Waals surface area contributed by atoms with Crippen molar-refractivity contribution in [2.24, 2.45) is 0 Å². The molecule has 0 aliphatic carbocycles. The Labute approximate surface area is 190 Å². The summed E-state index contributed by atoms with van der Waals surface area (Å²) in [5.41, 5.74) is 0. The van der Waals surface area contributed by atoms with E-state index in [0.29, 0.717) is 13.4 Å². The summed E-state index contributed by atoms with van der Waals surface area (Å²) in [4.78, 5) is 11.8. The van der Waals surface area contributed by atoms with Crippen molar-refractivity contribution in [1.82, 2.24) is 5.32 Å². The quantitative estimate of drug-likeness (QED) is 0.119. The van der Waals surface area contributed by atoms with Crippen LogP contribution >= 0.6 is 0 Å². The van der Waals surface area contributed by atoms with Crippen LogP contribution in [0.4, 0.5) is 0 Å². The van der Waals surface area contributed by atoms with Gasteiger partial charge in [0.2, 0.25) is 0 Å². The van der Waals surface area contributed by atoms with Crippen molar-refractivity contribution in [2.45, 2.75) is 121 Å². The van der Waals surface area contributed by atoms with Crippen molar-refractivity contribution < 1.29 is 31.7 Å². The first kappa shape index (κ1) is 28.0. The molecule has 0 aromatic rings. The number of aliphatic hydroxyl groups excluding tert-OH is 5. The van der Waals surface area contributed by atoms with Crippen molar-refractivity contribution in [2.75, 3.05) is 13.2 Å². The highest BCUT2D eigenvalue weighted by molar-refractivity contribution is 5.81. The highest BCUT2D eigenvalue weighted by atomic mass is 16.4. The molecule has 0 rings (SSSR count). The zero-order chi connectivity index (χ0) is 24.0. The molecule has 0 aliphatic heterocycles. The van der Waals surface area contributed by atoms with E-state index < -0.39 is 36.9 Å². The lowest BCUT2D eigenvalue weighted by Crippen LogP contribution is -2.51. The van der Waals surface area contributed by atoms with Gasteiger partial charge >= 0.3 is 0 Å². The lowest BCUT2D eigenvalue weighted by molar-refractivity contribution is -0.148. The molecule has 0 bridgehead atoms. The molecule has 7 nitrogen and oxygen atoms in total. The number of carbonyl (C=O) groups is 1. The van der Waals surface area contributed by atoms with Gasteiger partial charge in [-0.3, -0.25) is 4.79 Å². The van der Waals surface area contributed by atoms with Gasteiger partial charge < -0.3 is 30.8 Å². The van der Waals surface area contributed by atoms with Gasteiger partial charge in [-0.1, -0.05) is 76.8 Å². The Morgan fingerprint density at radius 2 is 1.32 bits per heavy atom. The minimum absolute atomic E-state index is 0.369. The molecule has 0 saturated heterocycles. The van der Waals surface area contributed by atoms with Gasteiger partial charge in [-0.25, -0.2) is 0 Å². The summed E-state index contributed by atoms with van der Waals surface area (Å²) in [5, 5.41) is 49.4. The van der Waals surface area contributed by atoms with Gasteiger partial charge in [-0.15, -0.1) is 0 Å². The molecule has 31 heavy (non-hydrogen) atoms. The molecule has 4 atom stereocenters. The molecular weight excluding hydrogens is 398 g/mol. The topological polar surface area (TPSA) is 130 Å². The van der Waals surface area contributed by atoms with Gasteiger partial charge in [0.1, 0.15) is 18.3 Å². The number of hydrogen-bond donors (Lipinski definition) is 6. The SMILES string of the molecule is [2H]CCCCCCCC/C=C\CCCCCCCCNC(=O)[C@H](O)[C@@H](O)[C@H](O)[C@H](O)CO. The Morgan fingerprint density at radius 3 is 1.87 bits per heavy atom. The van der Waals surface area contributed by atoms with Crippen LogP contribution in [0.2, 0.25) is 0 Å². The molecule has 6 N–H and O–H groups in total. The predicted octanol–water partition coefficient (Wildman–Crippen LogP) is 2.58. The third kappa shape index (κ3) is 16.3. The molecule has 0 spiro atoms. The monoisotopic (exact) mass is 446 g/mol. The normalized spacial score (nSPS) is 16.1. The van der Waals surface area contributed by atoms with Crippen molar-refractivity contribution in [3.8, 4) is 0 Å². The van der Waals surface area contributed by atoms with Crippen LogP contribution in [-0.2, 0) is 4.79 Å². The van der Waals surface area contributed by atoms with Crippen LogP contribution in [0.25, 0.3) is 0 Å². The van der Waals surface area contributed by atoms with Gasteiger partial charge in [-0.2, -0.15) is 0 Å². The molecule has 0 aromatic heterocycles. The fourth-order valence-corrected chi connectivity index (χ4v) is 3.29. The van der Waals surface area contributed by atoms with E-state index in [1.165, 1.54) is 44.9 Å². The summed E-state index contributed by atoms with van der Waals surface area (Å²) < 4.78 is 7.10. The first-order chi connectivity index (χ1) is 15.5. The van der Waals surface area contributed by atoms with E-state index in [1.807, 2.05) is 0 Å². The van der Waals surface area contributed by atoms with E-state index in [4.69, 9.17) is 6.48 Å². The number of amides is 1. The Morgan fingerprint density at radius 1 is 0.806 bits per heavy atom. The number of carbonyl (C=O) groups excluding carboxylic acids is 1. The molecule has 0 unspecified atom stereocenters. The fourth-order valence-electron chi connectivity index (χ4n) is 3.29. The van der Waals surface area contributed by atoms with E-state index in [1.54, 1.807) is 0 Å². The average Bonchev–Trinajstić information content (AvgIpc) is 2.81. The van der Waals surface area contributed by atoms with Gasteiger partial charge in [0.15, 0.2) is 6.10 Å². The maximum absolute atomic E-state index is 11.8. The number of unbranched alkanes of at least 4 members (excludes halogenated alkanes) is 12. The van der Waals surface area contributed by atoms with Crippen LogP contribution in [0.15, 0.2) is 12.2 Å². The standard InChI is InChI=1S/C24H47NO6/c1-2-3-4-5-6-7-8-9-10-11-12-13-14-15-16-17-18-25-24(31)23(30)22(29)21(28)20(27)19-26/h9-10,20-23,26-30H,2-8,11-19H2,1H3,(H,25,31)/b10-9-/t20-,21-,22+,23-/m1/s1/i1D. The Hall–Kier alpha value is -0.990. The largest absolute Gasteiger partial charge is 0.394 e. The summed E-state index contributed by atoms with van der Waals surface area (Å²) in [7, 11) is 0. The first-order valence-electron chi connectivity index (χ1n) is 12.7. The van der Waals surface area contributed by atoms with Crippen LogP contribution in [0.5, 0.6) is 0 Å². The maximum Gasteiger partial charge on any atom is 0.251 e. The maximum atomic E-state index is 11.8.